The van der Waals surface area contributed by atoms with Gasteiger partial charge >= 0.3 is 0 Å². The number of carbonyl (C=O) groups excluding carboxylic acids is 1. The van der Waals surface area contributed by atoms with Crippen LogP contribution in [0.15, 0.2) is 131 Å². The summed E-state index contributed by atoms with van der Waals surface area (Å²) in [6.45, 7) is -0.0344. The van der Waals surface area contributed by atoms with Gasteiger partial charge in [0, 0.05) is 0 Å². The van der Waals surface area contributed by atoms with E-state index in [9.17, 15) is 13.2 Å². The first-order valence-electron chi connectivity index (χ1n) is 13.2. The fourth-order valence-corrected chi connectivity index (χ4v) is 5.72. The van der Waals surface area contributed by atoms with E-state index in [0.29, 0.717) is 23.8 Å². The number of hydrogen-bond acceptors (Lipinski definition) is 6. The molecule has 0 atom stereocenters. The van der Waals surface area contributed by atoms with Crippen LogP contribution in [0.4, 0.5) is 5.69 Å². The molecule has 5 aromatic carbocycles. The fourth-order valence-electron chi connectivity index (χ4n) is 4.27. The molecule has 1 N–H and O–H groups in total. The molecule has 5 rings (SSSR count). The number of fused-ring (bicyclic) bond motifs is 1. The topological polar surface area (TPSA) is 97.3 Å². The first-order valence-corrected chi connectivity index (χ1v) is 14.6. The molecule has 0 aliphatic heterocycles. The molecule has 212 valence electrons. The molecule has 0 aliphatic rings. The van der Waals surface area contributed by atoms with Crippen LogP contribution in [-0.2, 0) is 21.4 Å². The third-order valence-electron chi connectivity index (χ3n) is 6.48. The van der Waals surface area contributed by atoms with Crippen LogP contribution in [0.5, 0.6) is 11.5 Å². The van der Waals surface area contributed by atoms with Gasteiger partial charge in [-0.15, -0.1) is 0 Å². The van der Waals surface area contributed by atoms with Crippen LogP contribution in [0.2, 0.25) is 0 Å². The van der Waals surface area contributed by atoms with Crippen LogP contribution in [-0.4, -0.2) is 34.2 Å². The molecule has 0 radical (unpaired) electrons. The van der Waals surface area contributed by atoms with E-state index in [0.717, 1.165) is 20.8 Å². The molecule has 0 fully saturated rings. The molecule has 9 heteroatoms. The number of ether oxygens (including phenoxy) is 2. The number of nitrogens with one attached hydrogen (secondary N) is 1. The molecular formula is C33H29N3O5S. The Kier molecular flexibility index (Phi) is 8.79. The van der Waals surface area contributed by atoms with E-state index in [4.69, 9.17) is 9.47 Å². The Morgan fingerprint density at radius 2 is 1.48 bits per heavy atom. The molecular weight excluding hydrogens is 550 g/mol. The zero-order valence-corrected chi connectivity index (χ0v) is 23.7. The molecule has 42 heavy (non-hydrogen) atoms. The molecule has 0 aliphatic carbocycles. The predicted octanol–water partition coefficient (Wildman–Crippen LogP) is 5.77. The molecule has 0 aromatic heterocycles. The minimum atomic E-state index is -4.02. The van der Waals surface area contributed by atoms with Crippen molar-refractivity contribution >= 4 is 38.6 Å². The lowest BCUT2D eigenvalue weighted by Gasteiger charge is -2.23. The van der Waals surface area contributed by atoms with Crippen molar-refractivity contribution in [2.75, 3.05) is 18.0 Å². The third kappa shape index (κ3) is 6.94. The summed E-state index contributed by atoms with van der Waals surface area (Å²) in [5.74, 6) is 0.664. The number of amides is 1. The zero-order chi connectivity index (χ0) is 29.4. The van der Waals surface area contributed by atoms with Gasteiger partial charge < -0.3 is 9.47 Å². The van der Waals surface area contributed by atoms with Gasteiger partial charge in [0.2, 0.25) is 0 Å². The molecule has 0 bridgehead atoms. The number of hydrogen-bond donors (Lipinski definition) is 1. The Bertz CT molecular complexity index is 1790. The Balaban J connectivity index is 1.20. The van der Waals surface area contributed by atoms with E-state index in [1.54, 1.807) is 42.5 Å². The molecule has 8 nitrogen and oxygen atoms in total. The number of methoxy groups -OCH3 is 1. The summed E-state index contributed by atoms with van der Waals surface area (Å²) in [5.41, 5.74) is 4.54. The first kappa shape index (κ1) is 28.4. The summed E-state index contributed by atoms with van der Waals surface area (Å²) in [6, 6.07) is 36.1. The standard InChI is InChI=1S/C33H29N3O5S/c1-40-30-19-15-29(16-20-30)36(42(38,39)32-9-3-2-4-10-32)23-33(37)35-34-22-25-12-17-31(18-13-25)41-24-26-11-14-27-7-5-6-8-28(27)21-26/h2-22H,23-24H2,1H3,(H,35,37)/b34-22-. The average Bonchev–Trinajstić information content (AvgIpc) is 3.03. The maximum atomic E-state index is 13.4. The first-order chi connectivity index (χ1) is 20.4. The van der Waals surface area contributed by atoms with Crippen LogP contribution in [0.3, 0.4) is 0 Å². The quantitative estimate of drug-likeness (QED) is 0.158. The second-order valence-corrected chi connectivity index (χ2v) is 11.2. The van der Waals surface area contributed by atoms with E-state index in [1.165, 1.54) is 30.8 Å². The summed E-state index contributed by atoms with van der Waals surface area (Å²) >= 11 is 0. The molecule has 0 unspecified atom stereocenters. The van der Waals surface area contributed by atoms with E-state index >= 15 is 0 Å². The van der Waals surface area contributed by atoms with Crippen LogP contribution in [0.1, 0.15) is 11.1 Å². The van der Waals surface area contributed by atoms with E-state index < -0.39 is 22.5 Å². The Hall–Kier alpha value is -5.15. The molecule has 5 aromatic rings. The highest BCUT2D eigenvalue weighted by Crippen LogP contribution is 2.25. The average molecular weight is 580 g/mol. The lowest BCUT2D eigenvalue weighted by Crippen LogP contribution is -2.39. The normalized spacial score (nSPS) is 11.4. The van der Waals surface area contributed by atoms with Crippen LogP contribution >= 0.6 is 0 Å². The van der Waals surface area contributed by atoms with Gasteiger partial charge in [0.15, 0.2) is 0 Å². The van der Waals surface area contributed by atoms with E-state index in [1.807, 2.05) is 42.5 Å². The Morgan fingerprint density at radius 1 is 0.810 bits per heavy atom. The highest BCUT2D eigenvalue weighted by atomic mass is 32.2. The van der Waals surface area contributed by atoms with Gasteiger partial charge in [0.05, 0.1) is 23.9 Å². The van der Waals surface area contributed by atoms with Gasteiger partial charge in [-0.1, -0.05) is 54.6 Å². The zero-order valence-electron chi connectivity index (χ0n) is 22.9. The summed E-state index contributed by atoms with van der Waals surface area (Å²) in [7, 11) is -2.50. The van der Waals surface area contributed by atoms with Crippen molar-refractivity contribution in [3.05, 3.63) is 132 Å². The second kappa shape index (κ2) is 13.0. The van der Waals surface area contributed by atoms with Crippen LogP contribution < -0.4 is 19.2 Å². The molecule has 0 saturated heterocycles. The van der Waals surface area contributed by atoms with Crippen molar-refractivity contribution in [2.24, 2.45) is 5.10 Å². The lowest BCUT2D eigenvalue weighted by atomic mass is 10.1. The Morgan fingerprint density at radius 3 is 2.19 bits per heavy atom. The van der Waals surface area contributed by atoms with Crippen molar-refractivity contribution in [1.82, 2.24) is 5.43 Å². The maximum Gasteiger partial charge on any atom is 0.264 e. The monoisotopic (exact) mass is 579 g/mol. The lowest BCUT2D eigenvalue weighted by molar-refractivity contribution is -0.119. The van der Waals surface area contributed by atoms with Crippen molar-refractivity contribution in [3.8, 4) is 11.5 Å². The number of anilines is 1. The SMILES string of the molecule is COc1ccc(N(CC(=O)N/N=C\c2ccc(OCc3ccc4ccccc4c3)cc2)S(=O)(=O)c2ccccc2)cc1. The van der Waals surface area contributed by atoms with Gasteiger partial charge in [-0.25, -0.2) is 13.8 Å². The highest BCUT2D eigenvalue weighted by molar-refractivity contribution is 7.92. The minimum Gasteiger partial charge on any atom is -0.497 e. The van der Waals surface area contributed by atoms with Gasteiger partial charge in [0.25, 0.3) is 15.9 Å². The van der Waals surface area contributed by atoms with Crippen molar-refractivity contribution in [1.29, 1.82) is 0 Å². The maximum absolute atomic E-state index is 13.4. The minimum absolute atomic E-state index is 0.0695. The number of rotatable bonds is 11. The number of benzene rings is 5. The third-order valence-corrected chi connectivity index (χ3v) is 8.27. The predicted molar refractivity (Wildman–Crippen MR) is 164 cm³/mol. The molecule has 0 spiro atoms. The smallest absolute Gasteiger partial charge is 0.264 e. The van der Waals surface area contributed by atoms with Crippen molar-refractivity contribution in [2.45, 2.75) is 11.5 Å². The number of carbonyl (C=O) groups is 1. The number of sulfonamides is 1. The van der Waals surface area contributed by atoms with Gasteiger partial charge in [-0.05, 0) is 88.6 Å². The van der Waals surface area contributed by atoms with Crippen molar-refractivity contribution < 1.29 is 22.7 Å². The second-order valence-electron chi connectivity index (χ2n) is 9.36. The summed E-state index contributed by atoms with van der Waals surface area (Å²) < 4.78 is 39.0. The van der Waals surface area contributed by atoms with Crippen molar-refractivity contribution in [3.63, 3.8) is 0 Å². The van der Waals surface area contributed by atoms with Crippen LogP contribution in [0, 0.1) is 0 Å². The van der Waals surface area contributed by atoms with Gasteiger partial charge in [-0.3, -0.25) is 9.10 Å². The van der Waals surface area contributed by atoms with Gasteiger partial charge in [0.1, 0.15) is 24.7 Å². The highest BCUT2D eigenvalue weighted by Gasteiger charge is 2.27. The molecule has 1 amide bonds. The Labute approximate surface area is 244 Å². The fraction of sp³-hybridized carbons (Fsp3) is 0.0909. The summed E-state index contributed by atoms with van der Waals surface area (Å²) in [6.07, 6.45) is 1.48. The summed E-state index contributed by atoms with van der Waals surface area (Å²) in [5, 5.41) is 6.36. The van der Waals surface area contributed by atoms with E-state index in [-0.39, 0.29) is 4.90 Å². The molecule has 0 heterocycles. The van der Waals surface area contributed by atoms with Crippen LogP contribution in [0.25, 0.3) is 10.8 Å². The van der Waals surface area contributed by atoms with Gasteiger partial charge in [-0.2, -0.15) is 5.10 Å². The number of nitrogens with zero attached hydrogens (tertiary/aromatic N) is 2. The molecule has 0 saturated carbocycles. The largest absolute Gasteiger partial charge is 0.497 e. The summed E-state index contributed by atoms with van der Waals surface area (Å²) in [4.78, 5) is 12.9. The number of hydrazone groups is 1. The van der Waals surface area contributed by atoms with E-state index in [2.05, 4.69) is 34.8 Å².